The highest BCUT2D eigenvalue weighted by Gasteiger charge is 2.25. The maximum Gasteiger partial charge on any atom is 0.326 e. The van der Waals surface area contributed by atoms with Crippen LogP contribution in [0, 0.1) is 5.92 Å². The Morgan fingerprint density at radius 1 is 1.13 bits per heavy atom. The highest BCUT2D eigenvalue weighted by atomic mass is 79.9. The second-order valence-corrected chi connectivity index (χ2v) is 6.55. The first-order valence-corrected chi connectivity index (χ1v) is 8.04. The number of carboxylic acid groups (broad SMARTS) is 1. The number of aliphatic carboxylic acids is 1. The topological polar surface area (TPSA) is 95.5 Å². The third-order valence-electron chi connectivity index (χ3n) is 3.29. The van der Waals surface area contributed by atoms with Gasteiger partial charge in [-0.3, -0.25) is 9.59 Å². The lowest BCUT2D eigenvalue weighted by atomic mass is 10.0. The Labute approximate surface area is 143 Å². The van der Waals surface area contributed by atoms with E-state index in [-0.39, 0.29) is 18.2 Å². The van der Waals surface area contributed by atoms with E-state index < -0.39 is 24.0 Å². The van der Waals surface area contributed by atoms with Crippen molar-refractivity contribution in [3.63, 3.8) is 0 Å². The minimum atomic E-state index is -1.08. The van der Waals surface area contributed by atoms with Gasteiger partial charge in [0.1, 0.15) is 6.04 Å². The van der Waals surface area contributed by atoms with Gasteiger partial charge in [0, 0.05) is 11.4 Å². The molecular weight excluding hydrogens is 364 g/mol. The van der Waals surface area contributed by atoms with E-state index in [9.17, 15) is 14.4 Å². The molecule has 2 atom stereocenters. The van der Waals surface area contributed by atoms with E-state index in [0.29, 0.717) is 0 Å². The van der Waals surface area contributed by atoms with Gasteiger partial charge in [-0.25, -0.2) is 4.79 Å². The van der Waals surface area contributed by atoms with Gasteiger partial charge in [0.2, 0.25) is 11.8 Å². The van der Waals surface area contributed by atoms with E-state index in [2.05, 4.69) is 26.6 Å². The van der Waals surface area contributed by atoms with Crippen LogP contribution in [0.3, 0.4) is 0 Å². The molecule has 0 bridgehead atoms. The molecule has 0 aliphatic rings. The molecule has 0 radical (unpaired) electrons. The minimum absolute atomic E-state index is 0.0300. The Morgan fingerprint density at radius 2 is 1.70 bits per heavy atom. The smallest absolute Gasteiger partial charge is 0.326 e. The van der Waals surface area contributed by atoms with Gasteiger partial charge < -0.3 is 15.7 Å². The monoisotopic (exact) mass is 384 g/mol. The quantitative estimate of drug-likeness (QED) is 0.671. The van der Waals surface area contributed by atoms with E-state index >= 15 is 0 Å². The summed E-state index contributed by atoms with van der Waals surface area (Å²) in [6.07, 6.45) is -0.0300. The van der Waals surface area contributed by atoms with Crippen LogP contribution in [0.5, 0.6) is 0 Å². The molecule has 0 aliphatic heterocycles. The van der Waals surface area contributed by atoms with Crippen LogP contribution in [0.2, 0.25) is 0 Å². The number of benzene rings is 1. The number of nitrogens with one attached hydrogen (secondary N) is 2. The molecular formula is C16H21BrN2O4. The standard InChI is InChI=1S/C16H21BrN2O4/c1-9(2)15(16(22)23)19-14(21)8-13(18-10(3)20)11-4-6-12(17)7-5-11/h4-7,9,13,15H,8H2,1-3H3,(H,18,20)(H,19,21)(H,22,23)/t13?,15-/m1/s1. The average Bonchev–Trinajstić information content (AvgIpc) is 2.43. The zero-order chi connectivity index (χ0) is 17.6. The van der Waals surface area contributed by atoms with Crippen LogP contribution in [0.25, 0.3) is 0 Å². The Bertz CT molecular complexity index is 572. The molecule has 3 N–H and O–H groups in total. The third kappa shape index (κ3) is 6.40. The number of hydrogen-bond donors (Lipinski definition) is 3. The zero-order valence-electron chi connectivity index (χ0n) is 13.3. The molecule has 0 saturated carbocycles. The van der Waals surface area contributed by atoms with Crippen molar-refractivity contribution in [1.82, 2.24) is 10.6 Å². The Morgan fingerprint density at radius 3 is 2.13 bits per heavy atom. The van der Waals surface area contributed by atoms with Crippen molar-refractivity contribution in [1.29, 1.82) is 0 Å². The molecule has 1 rings (SSSR count). The van der Waals surface area contributed by atoms with Crippen molar-refractivity contribution in [3.05, 3.63) is 34.3 Å². The van der Waals surface area contributed by atoms with Crippen LogP contribution in [0.4, 0.5) is 0 Å². The van der Waals surface area contributed by atoms with Gasteiger partial charge >= 0.3 is 5.97 Å². The number of carbonyl (C=O) groups is 3. The molecule has 23 heavy (non-hydrogen) atoms. The molecule has 1 aromatic rings. The summed E-state index contributed by atoms with van der Waals surface area (Å²) in [4.78, 5) is 34.7. The van der Waals surface area contributed by atoms with Crippen molar-refractivity contribution in [2.75, 3.05) is 0 Å². The lowest BCUT2D eigenvalue weighted by molar-refractivity contribution is -0.143. The minimum Gasteiger partial charge on any atom is -0.480 e. The number of halogens is 1. The molecule has 1 aromatic carbocycles. The summed E-state index contributed by atoms with van der Waals surface area (Å²) in [7, 11) is 0. The van der Waals surface area contributed by atoms with Gasteiger partial charge in [-0.1, -0.05) is 41.9 Å². The first kappa shape index (κ1) is 19.2. The lowest BCUT2D eigenvalue weighted by Crippen LogP contribution is -2.45. The fraction of sp³-hybridized carbons (Fsp3) is 0.438. The molecule has 0 aromatic heterocycles. The van der Waals surface area contributed by atoms with Crippen LogP contribution in [-0.2, 0) is 14.4 Å². The molecule has 0 saturated heterocycles. The average molecular weight is 385 g/mol. The van der Waals surface area contributed by atoms with Crippen molar-refractivity contribution in [2.45, 2.75) is 39.3 Å². The van der Waals surface area contributed by atoms with Crippen molar-refractivity contribution in [3.8, 4) is 0 Å². The van der Waals surface area contributed by atoms with Crippen molar-refractivity contribution in [2.24, 2.45) is 5.92 Å². The highest BCUT2D eigenvalue weighted by Crippen LogP contribution is 2.20. The molecule has 7 heteroatoms. The molecule has 0 heterocycles. The zero-order valence-corrected chi connectivity index (χ0v) is 14.9. The van der Waals surface area contributed by atoms with Crippen molar-refractivity contribution >= 4 is 33.7 Å². The molecule has 1 unspecified atom stereocenters. The Kier molecular flexibility index (Phi) is 7.22. The summed E-state index contributed by atoms with van der Waals surface area (Å²) in [6, 6.07) is 5.77. The molecule has 0 spiro atoms. The molecule has 126 valence electrons. The van der Waals surface area contributed by atoms with Gasteiger partial charge in [-0.2, -0.15) is 0 Å². The maximum atomic E-state index is 12.2. The van der Waals surface area contributed by atoms with Crippen LogP contribution in [0.15, 0.2) is 28.7 Å². The third-order valence-corrected chi connectivity index (χ3v) is 3.82. The number of rotatable bonds is 7. The van der Waals surface area contributed by atoms with E-state index in [4.69, 9.17) is 5.11 Å². The summed E-state index contributed by atoms with van der Waals surface area (Å²) in [5, 5.41) is 14.3. The predicted octanol–water partition coefficient (Wildman–Crippen LogP) is 2.24. The van der Waals surface area contributed by atoms with Crippen LogP contribution in [-0.4, -0.2) is 28.9 Å². The fourth-order valence-corrected chi connectivity index (χ4v) is 2.39. The summed E-state index contributed by atoms with van der Waals surface area (Å²) in [6.45, 7) is 4.82. The molecule has 0 aliphatic carbocycles. The number of carboxylic acids is 1. The van der Waals surface area contributed by atoms with E-state index in [1.54, 1.807) is 26.0 Å². The van der Waals surface area contributed by atoms with Crippen molar-refractivity contribution < 1.29 is 19.5 Å². The van der Waals surface area contributed by atoms with Crippen LogP contribution < -0.4 is 10.6 Å². The SMILES string of the molecule is CC(=O)NC(CC(=O)N[C@@H](C(=O)O)C(C)C)c1ccc(Br)cc1. The molecule has 0 fully saturated rings. The van der Waals surface area contributed by atoms with E-state index in [0.717, 1.165) is 10.0 Å². The number of hydrogen-bond acceptors (Lipinski definition) is 3. The molecule has 6 nitrogen and oxygen atoms in total. The Balaban J connectivity index is 2.84. The first-order valence-electron chi connectivity index (χ1n) is 7.25. The Hall–Kier alpha value is -1.89. The number of carbonyl (C=O) groups excluding carboxylic acids is 2. The van der Waals surface area contributed by atoms with Gasteiger partial charge in [-0.15, -0.1) is 0 Å². The van der Waals surface area contributed by atoms with Crippen LogP contribution >= 0.6 is 15.9 Å². The number of amides is 2. The van der Waals surface area contributed by atoms with Gasteiger partial charge in [0.15, 0.2) is 0 Å². The molecule has 2 amide bonds. The largest absolute Gasteiger partial charge is 0.480 e. The summed E-state index contributed by atoms with van der Waals surface area (Å²) in [5.74, 6) is -1.99. The predicted molar refractivity (Wildman–Crippen MR) is 89.7 cm³/mol. The first-order chi connectivity index (χ1) is 10.7. The summed E-state index contributed by atoms with van der Waals surface area (Å²) >= 11 is 3.33. The van der Waals surface area contributed by atoms with E-state index in [1.165, 1.54) is 6.92 Å². The summed E-state index contributed by atoms with van der Waals surface area (Å²) < 4.78 is 0.887. The van der Waals surface area contributed by atoms with Gasteiger partial charge in [-0.05, 0) is 23.6 Å². The maximum absolute atomic E-state index is 12.2. The highest BCUT2D eigenvalue weighted by molar-refractivity contribution is 9.10. The normalized spacial score (nSPS) is 13.3. The lowest BCUT2D eigenvalue weighted by Gasteiger charge is -2.21. The van der Waals surface area contributed by atoms with Crippen LogP contribution in [0.1, 0.15) is 38.8 Å². The van der Waals surface area contributed by atoms with Gasteiger partial charge in [0.25, 0.3) is 0 Å². The van der Waals surface area contributed by atoms with Gasteiger partial charge in [0.05, 0.1) is 12.5 Å². The summed E-state index contributed by atoms with van der Waals surface area (Å²) in [5.41, 5.74) is 0.773. The fourth-order valence-electron chi connectivity index (χ4n) is 2.12. The van der Waals surface area contributed by atoms with E-state index in [1.807, 2.05) is 12.1 Å². The second-order valence-electron chi connectivity index (χ2n) is 5.64. The second kappa shape index (κ2) is 8.67.